The van der Waals surface area contributed by atoms with Gasteiger partial charge in [0.05, 0.1) is 0 Å². The molecule has 3 aromatic rings. The molecule has 5 heterocycles. The van der Waals surface area contributed by atoms with Crippen LogP contribution in [-0.4, -0.2) is 56.0 Å². The van der Waals surface area contributed by atoms with Crippen molar-refractivity contribution in [2.24, 2.45) is 11.8 Å². The molecule has 2 aliphatic rings. The molecule has 5 rings (SSSR count). The van der Waals surface area contributed by atoms with Crippen LogP contribution in [-0.2, 0) is 0 Å². The maximum absolute atomic E-state index is 11.2. The number of hydrogen-bond acceptors (Lipinski definition) is 7. The van der Waals surface area contributed by atoms with E-state index in [-0.39, 0.29) is 5.56 Å². The number of anilines is 2. The number of aryl methyl sites for hydroxylation is 1. The fraction of sp³-hybridized carbons (Fsp3) is 0.471. The number of rotatable bonds is 2. The molecule has 2 aliphatic heterocycles. The van der Waals surface area contributed by atoms with E-state index >= 15 is 0 Å². The summed E-state index contributed by atoms with van der Waals surface area (Å²) in [6, 6.07) is 3.33. The Balaban J connectivity index is 1.41. The molecular formula is C17H20N8O. The Kier molecular flexibility index (Phi) is 3.25. The van der Waals surface area contributed by atoms with Crippen molar-refractivity contribution in [2.75, 3.05) is 36.0 Å². The van der Waals surface area contributed by atoms with Crippen molar-refractivity contribution in [2.45, 2.75) is 13.8 Å². The Labute approximate surface area is 149 Å². The third-order valence-corrected chi connectivity index (χ3v) is 5.65. The van der Waals surface area contributed by atoms with Gasteiger partial charge < -0.3 is 9.80 Å². The average Bonchev–Trinajstić information content (AvgIpc) is 3.31. The van der Waals surface area contributed by atoms with Crippen LogP contribution in [0.25, 0.3) is 5.78 Å². The van der Waals surface area contributed by atoms with Gasteiger partial charge in [0.25, 0.3) is 11.3 Å². The van der Waals surface area contributed by atoms with Crippen LogP contribution in [0.5, 0.6) is 0 Å². The van der Waals surface area contributed by atoms with Crippen molar-refractivity contribution < 1.29 is 0 Å². The molecule has 2 fully saturated rings. The van der Waals surface area contributed by atoms with E-state index in [2.05, 4.69) is 42.0 Å². The van der Waals surface area contributed by atoms with Gasteiger partial charge in [-0.25, -0.2) is 10.1 Å². The lowest BCUT2D eigenvalue weighted by Gasteiger charge is -2.25. The van der Waals surface area contributed by atoms with Gasteiger partial charge >= 0.3 is 0 Å². The molecular weight excluding hydrogens is 332 g/mol. The molecule has 2 atom stereocenters. The first-order valence-electron chi connectivity index (χ1n) is 8.82. The van der Waals surface area contributed by atoms with E-state index in [0.29, 0.717) is 17.6 Å². The van der Waals surface area contributed by atoms with Crippen LogP contribution in [0, 0.1) is 25.7 Å². The standard InChI is InChI=1S/C17H20N8O/c1-10-11(2)20-17-18-9-19-25(17)16(10)24-7-12-5-23(6-13(12)8-24)14-3-4-15(26)22-21-14/h3-4,9,12-13H,5-8H2,1-2H3,(H,22,26). The van der Waals surface area contributed by atoms with Gasteiger partial charge in [0.15, 0.2) is 0 Å². The van der Waals surface area contributed by atoms with E-state index < -0.39 is 0 Å². The van der Waals surface area contributed by atoms with Crippen molar-refractivity contribution in [1.29, 1.82) is 0 Å². The van der Waals surface area contributed by atoms with Gasteiger partial charge in [0, 0.05) is 55.3 Å². The number of nitrogens with zero attached hydrogens (tertiary/aromatic N) is 7. The Morgan fingerprint density at radius 3 is 2.50 bits per heavy atom. The lowest BCUT2D eigenvalue weighted by atomic mass is 10.0. The molecule has 2 saturated heterocycles. The number of nitrogens with one attached hydrogen (secondary N) is 1. The van der Waals surface area contributed by atoms with Gasteiger partial charge in [-0.3, -0.25) is 4.79 Å². The van der Waals surface area contributed by atoms with E-state index in [9.17, 15) is 4.79 Å². The summed E-state index contributed by atoms with van der Waals surface area (Å²) >= 11 is 0. The summed E-state index contributed by atoms with van der Waals surface area (Å²) in [4.78, 5) is 24.7. The largest absolute Gasteiger partial charge is 0.355 e. The third kappa shape index (κ3) is 2.27. The lowest BCUT2D eigenvalue weighted by Crippen LogP contribution is -2.31. The van der Waals surface area contributed by atoms with Crippen LogP contribution in [0.15, 0.2) is 23.3 Å². The summed E-state index contributed by atoms with van der Waals surface area (Å²) in [6.45, 7) is 7.97. The highest BCUT2D eigenvalue weighted by atomic mass is 16.1. The molecule has 0 saturated carbocycles. The van der Waals surface area contributed by atoms with E-state index in [1.54, 1.807) is 12.4 Å². The quantitative estimate of drug-likeness (QED) is 0.713. The average molecular weight is 352 g/mol. The molecule has 134 valence electrons. The molecule has 0 bridgehead atoms. The first-order valence-corrected chi connectivity index (χ1v) is 8.82. The second-order valence-corrected chi connectivity index (χ2v) is 7.23. The zero-order valence-corrected chi connectivity index (χ0v) is 14.8. The van der Waals surface area contributed by atoms with Crippen molar-refractivity contribution in [3.05, 3.63) is 40.1 Å². The first-order chi connectivity index (χ1) is 12.6. The summed E-state index contributed by atoms with van der Waals surface area (Å²) in [5.41, 5.74) is 1.98. The molecule has 9 heteroatoms. The highest BCUT2D eigenvalue weighted by Crippen LogP contribution is 2.36. The van der Waals surface area contributed by atoms with Crippen molar-refractivity contribution in [3.63, 3.8) is 0 Å². The van der Waals surface area contributed by atoms with E-state index in [1.165, 1.54) is 6.07 Å². The summed E-state index contributed by atoms with van der Waals surface area (Å²) in [6.07, 6.45) is 1.56. The number of H-pyrrole nitrogens is 1. The van der Waals surface area contributed by atoms with E-state index in [1.807, 2.05) is 11.4 Å². The lowest BCUT2D eigenvalue weighted by molar-refractivity contribution is 0.533. The molecule has 0 aromatic carbocycles. The van der Waals surface area contributed by atoms with Crippen molar-refractivity contribution >= 4 is 17.4 Å². The van der Waals surface area contributed by atoms with Crippen LogP contribution in [0.1, 0.15) is 11.3 Å². The summed E-state index contributed by atoms with van der Waals surface area (Å²) in [5.74, 6) is 3.73. The number of fused-ring (bicyclic) bond motifs is 2. The molecule has 3 aromatic heterocycles. The van der Waals surface area contributed by atoms with Crippen molar-refractivity contribution in [1.82, 2.24) is 29.8 Å². The van der Waals surface area contributed by atoms with Gasteiger partial charge in [-0.15, -0.1) is 0 Å². The predicted octanol–water partition coefficient (Wildman–Crippen LogP) is 0.397. The normalized spacial score (nSPS) is 22.4. The molecule has 0 spiro atoms. The molecule has 9 nitrogen and oxygen atoms in total. The minimum absolute atomic E-state index is 0.167. The summed E-state index contributed by atoms with van der Waals surface area (Å²) in [7, 11) is 0. The van der Waals surface area contributed by atoms with Gasteiger partial charge in [0.1, 0.15) is 18.0 Å². The second-order valence-electron chi connectivity index (χ2n) is 7.23. The predicted molar refractivity (Wildman–Crippen MR) is 96.5 cm³/mol. The van der Waals surface area contributed by atoms with Crippen LogP contribution in [0.4, 0.5) is 11.6 Å². The number of hydrogen-bond donors (Lipinski definition) is 1. The van der Waals surface area contributed by atoms with Crippen LogP contribution in [0.2, 0.25) is 0 Å². The molecule has 26 heavy (non-hydrogen) atoms. The van der Waals surface area contributed by atoms with E-state index in [0.717, 1.165) is 49.1 Å². The molecule has 0 aliphatic carbocycles. The second kappa shape index (κ2) is 5.52. The monoisotopic (exact) mass is 352 g/mol. The number of aromatic nitrogens is 6. The Morgan fingerprint density at radius 1 is 1.08 bits per heavy atom. The highest BCUT2D eigenvalue weighted by molar-refractivity contribution is 5.55. The summed E-state index contributed by atoms with van der Waals surface area (Å²) in [5, 5.41) is 11.1. The fourth-order valence-electron chi connectivity index (χ4n) is 4.25. The van der Waals surface area contributed by atoms with Gasteiger partial charge in [0.2, 0.25) is 0 Å². The molecule has 2 unspecified atom stereocenters. The van der Waals surface area contributed by atoms with E-state index in [4.69, 9.17) is 0 Å². The fourth-order valence-corrected chi connectivity index (χ4v) is 4.25. The Morgan fingerprint density at radius 2 is 1.81 bits per heavy atom. The molecule has 1 N–H and O–H groups in total. The number of aromatic amines is 1. The van der Waals surface area contributed by atoms with Gasteiger partial charge in [-0.2, -0.15) is 19.7 Å². The Bertz CT molecular complexity index is 1010. The van der Waals surface area contributed by atoms with Gasteiger partial charge in [-0.1, -0.05) is 0 Å². The third-order valence-electron chi connectivity index (χ3n) is 5.65. The zero-order valence-electron chi connectivity index (χ0n) is 14.8. The first kappa shape index (κ1) is 15.3. The van der Waals surface area contributed by atoms with Crippen LogP contribution in [0.3, 0.4) is 0 Å². The van der Waals surface area contributed by atoms with Crippen LogP contribution >= 0.6 is 0 Å². The topological polar surface area (TPSA) is 95.3 Å². The minimum Gasteiger partial charge on any atom is -0.355 e. The van der Waals surface area contributed by atoms with Crippen LogP contribution < -0.4 is 15.4 Å². The SMILES string of the molecule is Cc1nc2ncnn2c(N2CC3CN(c4ccc(=O)[nH]n4)CC3C2)c1C. The molecule has 0 radical (unpaired) electrons. The molecule has 0 amide bonds. The highest BCUT2D eigenvalue weighted by Gasteiger charge is 2.41. The maximum atomic E-state index is 11.2. The zero-order chi connectivity index (χ0) is 17.8. The summed E-state index contributed by atoms with van der Waals surface area (Å²) < 4.78 is 1.85. The van der Waals surface area contributed by atoms with Crippen molar-refractivity contribution in [3.8, 4) is 0 Å². The minimum atomic E-state index is -0.167. The smallest absolute Gasteiger partial charge is 0.264 e. The van der Waals surface area contributed by atoms with Gasteiger partial charge in [-0.05, 0) is 19.9 Å². The maximum Gasteiger partial charge on any atom is 0.264 e. The Hall–Kier alpha value is -2.97.